The third kappa shape index (κ3) is 5.08. The van der Waals surface area contributed by atoms with Crippen molar-refractivity contribution in [3.63, 3.8) is 0 Å². The van der Waals surface area contributed by atoms with Gasteiger partial charge in [-0.1, -0.05) is 69.3 Å². The largest absolute Gasteiger partial charge is 0.477 e. The topological polar surface area (TPSA) is 83.8 Å². The zero-order valence-electron chi connectivity index (χ0n) is 26.0. The Morgan fingerprint density at radius 1 is 0.778 bits per heavy atom. The monoisotopic (exact) mass is 590 g/mol. The van der Waals surface area contributed by atoms with Gasteiger partial charge in [0.15, 0.2) is 0 Å². The number of nitrogens with zero attached hydrogens (tertiary/aromatic N) is 3. The fourth-order valence-electron chi connectivity index (χ4n) is 6.18. The van der Waals surface area contributed by atoms with Crippen LogP contribution in [0.3, 0.4) is 0 Å². The van der Waals surface area contributed by atoms with Crippen molar-refractivity contribution in [2.24, 2.45) is 0 Å². The second-order valence-corrected chi connectivity index (χ2v) is 12.8. The molecule has 45 heavy (non-hydrogen) atoms. The molecule has 0 saturated carbocycles. The van der Waals surface area contributed by atoms with Gasteiger partial charge in [-0.2, -0.15) is 0 Å². The van der Waals surface area contributed by atoms with Crippen molar-refractivity contribution < 1.29 is 9.90 Å². The normalized spacial score (nSPS) is 11.8. The Hall–Kier alpha value is -5.49. The molecule has 0 atom stereocenters. The number of imidazole rings is 1. The lowest BCUT2D eigenvalue weighted by molar-refractivity contribution is 0.0690. The minimum atomic E-state index is -1.07. The zero-order chi connectivity index (χ0) is 31.5. The van der Waals surface area contributed by atoms with Gasteiger partial charge in [-0.3, -0.25) is 4.57 Å². The maximum Gasteiger partial charge on any atom is 0.354 e. The molecule has 0 amide bonds. The van der Waals surface area contributed by atoms with E-state index in [9.17, 15) is 9.90 Å². The van der Waals surface area contributed by atoms with Crippen LogP contribution in [0.1, 0.15) is 48.0 Å². The number of aromatic amines is 1. The van der Waals surface area contributed by atoms with E-state index >= 15 is 0 Å². The quantitative estimate of drug-likeness (QED) is 0.209. The van der Waals surface area contributed by atoms with Crippen LogP contribution in [0.4, 0.5) is 0 Å². The molecular formula is C39H34N4O2. The molecule has 0 aliphatic carbocycles. The summed E-state index contributed by atoms with van der Waals surface area (Å²) >= 11 is 0. The number of pyridine rings is 1. The average Bonchev–Trinajstić information content (AvgIpc) is 3.65. The molecule has 2 N–H and O–H groups in total. The summed E-state index contributed by atoms with van der Waals surface area (Å²) in [5, 5.41) is 11.1. The van der Waals surface area contributed by atoms with Crippen LogP contribution < -0.4 is 0 Å². The summed E-state index contributed by atoms with van der Waals surface area (Å²) in [6.45, 7) is 10.9. The smallest absolute Gasteiger partial charge is 0.354 e. The summed E-state index contributed by atoms with van der Waals surface area (Å²) in [6.07, 6.45) is 1.97. The van der Waals surface area contributed by atoms with Crippen molar-refractivity contribution in [2.75, 3.05) is 0 Å². The van der Waals surface area contributed by atoms with E-state index in [1.165, 1.54) is 5.56 Å². The Morgan fingerprint density at radius 3 is 2.24 bits per heavy atom. The molecule has 3 heterocycles. The molecule has 0 bridgehead atoms. The van der Waals surface area contributed by atoms with Crippen molar-refractivity contribution in [3.8, 4) is 39.5 Å². The van der Waals surface area contributed by atoms with E-state index in [2.05, 4.69) is 91.6 Å². The fourth-order valence-corrected chi connectivity index (χ4v) is 6.18. The summed E-state index contributed by atoms with van der Waals surface area (Å²) in [6, 6.07) is 32.5. The van der Waals surface area contributed by atoms with Crippen molar-refractivity contribution >= 4 is 27.9 Å². The van der Waals surface area contributed by atoms with Crippen LogP contribution in [0.25, 0.3) is 61.4 Å². The molecule has 7 rings (SSSR count). The number of carboxylic acid groups (broad SMARTS) is 1. The summed E-state index contributed by atoms with van der Waals surface area (Å²) in [5.41, 5.74) is 11.2. The number of aromatic carboxylic acids is 1. The number of fused-ring (bicyclic) bond motifs is 2. The Balaban J connectivity index is 1.57. The third-order valence-electron chi connectivity index (χ3n) is 8.34. The molecule has 3 aromatic heterocycles. The first-order chi connectivity index (χ1) is 21.6. The number of H-pyrrole nitrogens is 1. The van der Waals surface area contributed by atoms with Gasteiger partial charge in [-0.05, 0) is 95.6 Å². The zero-order valence-corrected chi connectivity index (χ0v) is 26.0. The second kappa shape index (κ2) is 10.6. The van der Waals surface area contributed by atoms with Gasteiger partial charge in [0.25, 0.3) is 0 Å². The van der Waals surface area contributed by atoms with Crippen LogP contribution in [-0.4, -0.2) is 30.6 Å². The molecule has 0 unspecified atom stereocenters. The highest BCUT2D eigenvalue weighted by Crippen LogP contribution is 2.39. The molecule has 0 aliphatic rings. The van der Waals surface area contributed by atoms with Crippen molar-refractivity contribution in [2.45, 2.75) is 40.0 Å². The highest BCUT2D eigenvalue weighted by Gasteiger charge is 2.24. The SMILES string of the molecule is Cc1cc(C)cc(-n2c(-c3cc(C(C)(C)C)cc4cc[nH]c34)nc3c(-c4cc(-c5ccccc5)cc(C(=O)O)n4)cccc32)c1. The van der Waals surface area contributed by atoms with Gasteiger partial charge in [0.1, 0.15) is 11.5 Å². The Labute approximate surface area is 262 Å². The molecule has 7 aromatic rings. The number of carboxylic acids is 1. The van der Waals surface area contributed by atoms with E-state index in [1.807, 2.05) is 54.7 Å². The Kier molecular flexibility index (Phi) is 6.66. The first-order valence-corrected chi connectivity index (χ1v) is 15.1. The lowest BCUT2D eigenvalue weighted by Crippen LogP contribution is -2.11. The minimum absolute atomic E-state index is 0.0108. The van der Waals surface area contributed by atoms with Crippen LogP contribution in [0, 0.1) is 13.8 Å². The number of rotatable bonds is 5. The number of para-hydroxylation sites is 1. The Morgan fingerprint density at radius 2 is 1.53 bits per heavy atom. The molecule has 222 valence electrons. The molecule has 4 aromatic carbocycles. The van der Waals surface area contributed by atoms with Gasteiger partial charge >= 0.3 is 5.97 Å². The van der Waals surface area contributed by atoms with Crippen molar-refractivity contribution in [3.05, 3.63) is 126 Å². The predicted molar refractivity (Wildman–Crippen MR) is 182 cm³/mol. The average molecular weight is 591 g/mol. The van der Waals surface area contributed by atoms with Crippen molar-refractivity contribution in [1.29, 1.82) is 0 Å². The number of nitrogens with one attached hydrogen (secondary N) is 1. The van der Waals surface area contributed by atoms with Gasteiger partial charge in [0, 0.05) is 28.4 Å². The van der Waals surface area contributed by atoms with Crippen LogP contribution in [0.5, 0.6) is 0 Å². The molecule has 0 aliphatic heterocycles. The molecular weight excluding hydrogens is 556 g/mol. The predicted octanol–water partition coefficient (Wildman–Crippen LogP) is 9.52. The minimum Gasteiger partial charge on any atom is -0.477 e. The third-order valence-corrected chi connectivity index (χ3v) is 8.34. The summed E-state index contributed by atoms with van der Waals surface area (Å²) < 4.78 is 2.22. The summed E-state index contributed by atoms with van der Waals surface area (Å²) in [4.78, 5) is 25.7. The van der Waals surface area contributed by atoms with Gasteiger partial charge in [-0.15, -0.1) is 0 Å². The van der Waals surface area contributed by atoms with E-state index in [0.717, 1.165) is 66.8 Å². The summed E-state index contributed by atoms with van der Waals surface area (Å²) in [5.74, 6) is -0.269. The first-order valence-electron chi connectivity index (χ1n) is 15.1. The molecule has 6 nitrogen and oxygen atoms in total. The van der Waals surface area contributed by atoms with Crippen LogP contribution in [0.2, 0.25) is 0 Å². The maximum atomic E-state index is 12.2. The fraction of sp³-hybridized carbons (Fsp3) is 0.154. The number of benzene rings is 4. The number of hydrogen-bond acceptors (Lipinski definition) is 3. The van der Waals surface area contributed by atoms with Crippen LogP contribution >= 0.6 is 0 Å². The number of aromatic nitrogens is 4. The molecule has 0 fully saturated rings. The molecule has 0 radical (unpaired) electrons. The molecule has 6 heteroatoms. The van der Waals surface area contributed by atoms with E-state index in [0.29, 0.717) is 5.69 Å². The first kappa shape index (κ1) is 28.3. The van der Waals surface area contributed by atoms with Gasteiger partial charge in [0.05, 0.1) is 22.2 Å². The summed E-state index contributed by atoms with van der Waals surface area (Å²) in [7, 11) is 0. The standard InChI is InChI=1S/C39H34N4O2/c1-23-16-24(2)18-29(17-23)43-34-13-9-12-30(32-20-27(21-33(41-32)38(44)45)25-10-7-6-8-11-25)36(34)42-37(43)31-22-28(39(3,4)5)19-26-14-15-40-35(26)31/h6-22,40H,1-5H3,(H,44,45). The maximum absolute atomic E-state index is 12.2. The highest BCUT2D eigenvalue weighted by atomic mass is 16.4. The van der Waals surface area contributed by atoms with Gasteiger partial charge in [-0.25, -0.2) is 14.8 Å². The van der Waals surface area contributed by atoms with E-state index < -0.39 is 5.97 Å². The number of carbonyl (C=O) groups is 1. The number of hydrogen-bond donors (Lipinski definition) is 2. The number of aryl methyl sites for hydroxylation is 2. The highest BCUT2D eigenvalue weighted by molar-refractivity contribution is 6.00. The van der Waals surface area contributed by atoms with Gasteiger partial charge in [0.2, 0.25) is 0 Å². The van der Waals surface area contributed by atoms with Crippen LogP contribution in [-0.2, 0) is 5.41 Å². The Bertz CT molecular complexity index is 2230. The second-order valence-electron chi connectivity index (χ2n) is 12.8. The molecule has 0 saturated heterocycles. The lowest BCUT2D eigenvalue weighted by Gasteiger charge is -2.21. The van der Waals surface area contributed by atoms with Crippen molar-refractivity contribution in [1.82, 2.24) is 19.5 Å². The van der Waals surface area contributed by atoms with Gasteiger partial charge < -0.3 is 10.1 Å². The lowest BCUT2D eigenvalue weighted by atomic mass is 9.85. The van der Waals surface area contributed by atoms with Crippen LogP contribution in [0.15, 0.2) is 103 Å². The van der Waals surface area contributed by atoms with E-state index in [4.69, 9.17) is 4.98 Å². The van der Waals surface area contributed by atoms with E-state index in [1.54, 1.807) is 6.07 Å². The molecule has 0 spiro atoms. The van der Waals surface area contributed by atoms with E-state index in [-0.39, 0.29) is 11.1 Å².